The summed E-state index contributed by atoms with van der Waals surface area (Å²) in [7, 11) is 1.54. The summed E-state index contributed by atoms with van der Waals surface area (Å²) in [6, 6.07) is 13.8. The first-order valence-electron chi connectivity index (χ1n) is 9.97. The summed E-state index contributed by atoms with van der Waals surface area (Å²) >= 11 is 0. The van der Waals surface area contributed by atoms with Crippen LogP contribution >= 0.6 is 0 Å². The number of nitrogens with one attached hydrogen (secondary N) is 1. The zero-order chi connectivity index (χ0) is 21.5. The topological polar surface area (TPSA) is 84.9 Å². The van der Waals surface area contributed by atoms with Gasteiger partial charge in [-0.25, -0.2) is 0 Å². The van der Waals surface area contributed by atoms with E-state index in [4.69, 9.17) is 9.47 Å². The number of nitrogens with zero attached hydrogens (tertiary/aromatic N) is 1. The van der Waals surface area contributed by atoms with E-state index < -0.39 is 5.97 Å². The smallest absolute Gasteiger partial charge is 0.308 e. The zero-order valence-corrected chi connectivity index (χ0v) is 17.2. The Morgan fingerprint density at radius 2 is 1.80 bits per heavy atom. The predicted octanol–water partition coefficient (Wildman–Crippen LogP) is 2.90. The van der Waals surface area contributed by atoms with Crippen molar-refractivity contribution in [1.82, 2.24) is 10.2 Å². The average Bonchev–Trinajstić information content (AvgIpc) is 2.77. The molecule has 0 aromatic heterocycles. The number of piperidine rings is 1. The molecule has 30 heavy (non-hydrogen) atoms. The van der Waals surface area contributed by atoms with E-state index in [1.54, 1.807) is 54.5 Å². The highest BCUT2D eigenvalue weighted by Gasteiger charge is 2.24. The molecule has 1 saturated heterocycles. The molecule has 1 heterocycles. The fourth-order valence-corrected chi connectivity index (χ4v) is 3.55. The monoisotopic (exact) mass is 410 g/mol. The number of ether oxygens (including phenoxy) is 2. The molecule has 3 rings (SSSR count). The highest BCUT2D eigenvalue weighted by molar-refractivity contribution is 5.97. The lowest BCUT2D eigenvalue weighted by Gasteiger charge is -2.32. The Morgan fingerprint density at radius 3 is 2.50 bits per heavy atom. The van der Waals surface area contributed by atoms with E-state index in [0.717, 1.165) is 12.8 Å². The van der Waals surface area contributed by atoms with E-state index in [0.29, 0.717) is 48.2 Å². The molecule has 0 bridgehead atoms. The van der Waals surface area contributed by atoms with Gasteiger partial charge in [0, 0.05) is 32.1 Å². The SMILES string of the molecule is COc1ccccc1C(=O)NCC1CCN(C(=O)c2cccc(OC(C)=O)c2)CC1. The third-order valence-corrected chi connectivity index (χ3v) is 5.15. The van der Waals surface area contributed by atoms with Gasteiger partial charge >= 0.3 is 5.97 Å². The number of methoxy groups -OCH3 is 1. The molecule has 158 valence electrons. The molecule has 1 N–H and O–H groups in total. The molecule has 7 heteroatoms. The lowest BCUT2D eigenvalue weighted by molar-refractivity contribution is -0.131. The largest absolute Gasteiger partial charge is 0.496 e. The standard InChI is InChI=1S/C23H26N2O5/c1-16(26)30-19-7-5-6-18(14-19)23(28)25-12-10-17(11-13-25)15-24-22(27)20-8-3-4-9-21(20)29-2/h3-9,14,17H,10-13,15H2,1-2H3,(H,24,27). The van der Waals surface area contributed by atoms with Crippen molar-refractivity contribution in [1.29, 1.82) is 0 Å². The Labute approximate surface area is 176 Å². The summed E-state index contributed by atoms with van der Waals surface area (Å²) in [5.74, 6) is 0.554. The molecule has 7 nitrogen and oxygen atoms in total. The van der Waals surface area contributed by atoms with Crippen molar-refractivity contribution in [2.24, 2.45) is 5.92 Å². The lowest BCUT2D eigenvalue weighted by Crippen LogP contribution is -2.41. The summed E-state index contributed by atoms with van der Waals surface area (Å²) < 4.78 is 10.3. The molecule has 1 aliphatic rings. The third kappa shape index (κ3) is 5.37. The summed E-state index contributed by atoms with van der Waals surface area (Å²) in [5.41, 5.74) is 1.01. The van der Waals surface area contributed by atoms with Crippen molar-refractivity contribution < 1.29 is 23.9 Å². The molecular formula is C23H26N2O5. The molecule has 0 radical (unpaired) electrons. The minimum absolute atomic E-state index is 0.0829. The molecule has 0 saturated carbocycles. The van der Waals surface area contributed by atoms with E-state index in [1.165, 1.54) is 6.92 Å². The second-order valence-corrected chi connectivity index (χ2v) is 7.27. The predicted molar refractivity (Wildman–Crippen MR) is 112 cm³/mol. The molecule has 1 aliphatic heterocycles. The van der Waals surface area contributed by atoms with Gasteiger partial charge in [-0.2, -0.15) is 0 Å². The Hall–Kier alpha value is -3.35. The van der Waals surface area contributed by atoms with Gasteiger partial charge in [0.2, 0.25) is 0 Å². The minimum atomic E-state index is -0.421. The van der Waals surface area contributed by atoms with Gasteiger partial charge < -0.3 is 19.7 Å². The molecule has 0 spiro atoms. The Bertz CT molecular complexity index is 919. The first kappa shape index (κ1) is 21.4. The number of amides is 2. The van der Waals surface area contributed by atoms with Crippen LogP contribution in [0.2, 0.25) is 0 Å². The van der Waals surface area contributed by atoms with Crippen LogP contribution < -0.4 is 14.8 Å². The van der Waals surface area contributed by atoms with Gasteiger partial charge in [-0.3, -0.25) is 14.4 Å². The van der Waals surface area contributed by atoms with Gasteiger partial charge in [0.15, 0.2) is 0 Å². The van der Waals surface area contributed by atoms with Gasteiger partial charge in [0.05, 0.1) is 12.7 Å². The highest BCUT2D eigenvalue weighted by Crippen LogP contribution is 2.22. The number of carbonyl (C=O) groups is 3. The maximum Gasteiger partial charge on any atom is 0.308 e. The van der Waals surface area contributed by atoms with Gasteiger partial charge in [0.1, 0.15) is 11.5 Å². The normalized spacial score (nSPS) is 14.1. The maximum atomic E-state index is 12.8. The summed E-state index contributed by atoms with van der Waals surface area (Å²) in [6.45, 7) is 3.12. The van der Waals surface area contributed by atoms with E-state index in [-0.39, 0.29) is 11.8 Å². The fraction of sp³-hybridized carbons (Fsp3) is 0.348. The van der Waals surface area contributed by atoms with Crippen molar-refractivity contribution in [3.8, 4) is 11.5 Å². The number of esters is 1. The summed E-state index contributed by atoms with van der Waals surface area (Å²) in [5, 5.41) is 2.97. The Balaban J connectivity index is 1.50. The van der Waals surface area contributed by atoms with Crippen molar-refractivity contribution in [2.75, 3.05) is 26.7 Å². The van der Waals surface area contributed by atoms with Crippen LogP contribution in [0.1, 0.15) is 40.5 Å². The number of hydrogen-bond acceptors (Lipinski definition) is 5. The van der Waals surface area contributed by atoms with E-state index >= 15 is 0 Å². The minimum Gasteiger partial charge on any atom is -0.496 e. The number of para-hydroxylation sites is 1. The molecule has 2 aromatic carbocycles. The Morgan fingerprint density at radius 1 is 1.07 bits per heavy atom. The van der Waals surface area contributed by atoms with Crippen LogP contribution in [0.5, 0.6) is 11.5 Å². The van der Waals surface area contributed by atoms with Crippen LogP contribution in [0.3, 0.4) is 0 Å². The Kier molecular flexibility index (Phi) is 7.06. The number of rotatable bonds is 6. The lowest BCUT2D eigenvalue weighted by atomic mass is 9.96. The van der Waals surface area contributed by atoms with Crippen LogP contribution in [0.25, 0.3) is 0 Å². The molecule has 0 unspecified atom stereocenters. The third-order valence-electron chi connectivity index (χ3n) is 5.15. The second kappa shape index (κ2) is 9.91. The first-order valence-corrected chi connectivity index (χ1v) is 9.97. The number of benzene rings is 2. The number of likely N-dealkylation sites (tertiary alicyclic amines) is 1. The molecule has 2 amide bonds. The fourth-order valence-electron chi connectivity index (χ4n) is 3.55. The first-order chi connectivity index (χ1) is 14.5. The second-order valence-electron chi connectivity index (χ2n) is 7.27. The summed E-state index contributed by atoms with van der Waals surface area (Å²) in [4.78, 5) is 38.1. The van der Waals surface area contributed by atoms with E-state index in [1.807, 2.05) is 6.07 Å². The van der Waals surface area contributed by atoms with Gasteiger partial charge in [-0.1, -0.05) is 18.2 Å². The quantitative estimate of drug-likeness (QED) is 0.585. The van der Waals surface area contributed by atoms with Gasteiger partial charge in [-0.15, -0.1) is 0 Å². The van der Waals surface area contributed by atoms with Crippen LogP contribution in [0.15, 0.2) is 48.5 Å². The average molecular weight is 410 g/mol. The molecule has 0 aliphatic carbocycles. The van der Waals surface area contributed by atoms with Crippen LogP contribution in [-0.4, -0.2) is 49.4 Å². The van der Waals surface area contributed by atoms with E-state index in [2.05, 4.69) is 5.32 Å². The zero-order valence-electron chi connectivity index (χ0n) is 17.2. The van der Waals surface area contributed by atoms with Crippen molar-refractivity contribution in [2.45, 2.75) is 19.8 Å². The highest BCUT2D eigenvalue weighted by atomic mass is 16.5. The molecular weight excluding hydrogens is 384 g/mol. The van der Waals surface area contributed by atoms with Crippen molar-refractivity contribution in [3.05, 3.63) is 59.7 Å². The van der Waals surface area contributed by atoms with Crippen LogP contribution in [0.4, 0.5) is 0 Å². The van der Waals surface area contributed by atoms with Crippen LogP contribution in [-0.2, 0) is 4.79 Å². The number of carbonyl (C=O) groups excluding carboxylic acids is 3. The van der Waals surface area contributed by atoms with Crippen molar-refractivity contribution >= 4 is 17.8 Å². The molecule has 1 fully saturated rings. The van der Waals surface area contributed by atoms with Gasteiger partial charge in [0.25, 0.3) is 11.8 Å². The van der Waals surface area contributed by atoms with Gasteiger partial charge in [-0.05, 0) is 49.1 Å². The van der Waals surface area contributed by atoms with Crippen molar-refractivity contribution in [3.63, 3.8) is 0 Å². The number of hydrogen-bond donors (Lipinski definition) is 1. The summed E-state index contributed by atoms with van der Waals surface area (Å²) in [6.07, 6.45) is 1.61. The molecule has 0 atom stereocenters. The van der Waals surface area contributed by atoms with Crippen LogP contribution in [0, 0.1) is 5.92 Å². The maximum absolute atomic E-state index is 12.8. The van der Waals surface area contributed by atoms with E-state index in [9.17, 15) is 14.4 Å². The molecule has 2 aromatic rings.